The van der Waals surface area contributed by atoms with Crippen LogP contribution in [0.1, 0.15) is 109 Å². The van der Waals surface area contributed by atoms with E-state index >= 15 is 0 Å². The van der Waals surface area contributed by atoms with Gasteiger partial charge in [-0.25, -0.2) is 4.39 Å². The number of nitrogens with zero attached hydrogens (tertiary/aromatic N) is 1. The average Bonchev–Trinajstić information content (AvgIpc) is 3.02. The zero-order chi connectivity index (χ0) is 30.6. The second-order valence-electron chi connectivity index (χ2n) is 9.87. The Balaban J connectivity index is 0.00000201. The van der Waals surface area contributed by atoms with Gasteiger partial charge in [-0.3, -0.25) is 4.98 Å². The van der Waals surface area contributed by atoms with Crippen LogP contribution in [0.5, 0.6) is 0 Å². The Bertz CT molecular complexity index is 1250. The van der Waals surface area contributed by atoms with Gasteiger partial charge in [0, 0.05) is 16.8 Å². The molecule has 0 amide bonds. The number of hydrogen-bond acceptors (Lipinski definition) is 1. The molecule has 0 N–H and O–H groups in total. The van der Waals surface area contributed by atoms with Gasteiger partial charge in [-0.15, -0.1) is 6.42 Å². The molecule has 0 saturated carbocycles. The maximum absolute atomic E-state index is 13.7. The number of aryl methyl sites for hydroxylation is 2. The lowest BCUT2D eigenvalue weighted by Gasteiger charge is -2.20. The van der Waals surface area contributed by atoms with Gasteiger partial charge < -0.3 is 0 Å². The van der Waals surface area contributed by atoms with Crippen LogP contribution in [0, 0.1) is 24.1 Å². The van der Waals surface area contributed by atoms with E-state index in [-0.39, 0.29) is 5.82 Å². The number of aromatic nitrogens is 1. The number of unbranched alkanes of at least 4 members (excludes halogenated alkanes) is 1. The highest BCUT2D eigenvalue weighted by atomic mass is 19.1. The molecule has 1 unspecified atom stereocenters. The van der Waals surface area contributed by atoms with Crippen molar-refractivity contribution < 1.29 is 4.39 Å². The van der Waals surface area contributed by atoms with Gasteiger partial charge in [0.25, 0.3) is 0 Å². The van der Waals surface area contributed by atoms with Crippen molar-refractivity contribution in [2.75, 3.05) is 0 Å². The van der Waals surface area contributed by atoms with Crippen LogP contribution >= 0.6 is 0 Å². The summed E-state index contributed by atoms with van der Waals surface area (Å²) in [7, 11) is 0. The largest absolute Gasteiger partial charge is 0.252 e. The van der Waals surface area contributed by atoms with Gasteiger partial charge in [0.15, 0.2) is 0 Å². The lowest BCUT2D eigenvalue weighted by atomic mass is 9.86. The van der Waals surface area contributed by atoms with Gasteiger partial charge in [0.2, 0.25) is 0 Å². The molecular formula is C39H52FN. The van der Waals surface area contributed by atoms with E-state index in [1.165, 1.54) is 24.5 Å². The maximum Gasteiger partial charge on any atom is 0.123 e. The first-order chi connectivity index (χ1) is 20.0. The van der Waals surface area contributed by atoms with E-state index in [9.17, 15) is 4.39 Å². The monoisotopic (exact) mass is 553 g/mol. The molecule has 1 atom stereocenters. The summed E-state index contributed by atoms with van der Waals surface area (Å²) in [5.41, 5.74) is 8.32. The smallest absolute Gasteiger partial charge is 0.123 e. The number of terminal acetylenes is 1. The number of halogens is 1. The summed E-state index contributed by atoms with van der Waals surface area (Å²) in [4.78, 5) is 5.10. The third-order valence-corrected chi connectivity index (χ3v) is 7.20. The summed E-state index contributed by atoms with van der Waals surface area (Å²) in [6.45, 7) is 21.3. The molecular weight excluding hydrogens is 501 g/mol. The molecule has 1 heterocycles. The molecule has 3 aromatic rings. The van der Waals surface area contributed by atoms with Crippen LogP contribution in [-0.2, 0) is 12.8 Å². The van der Waals surface area contributed by atoms with Gasteiger partial charge in [0.05, 0.1) is 5.69 Å². The van der Waals surface area contributed by atoms with Crippen molar-refractivity contribution in [2.45, 2.75) is 99.3 Å². The number of allylic oxidation sites excluding steroid dienone is 2. The quantitative estimate of drug-likeness (QED) is 0.143. The first kappa shape index (κ1) is 35.6. The van der Waals surface area contributed by atoms with Gasteiger partial charge >= 0.3 is 0 Å². The Morgan fingerprint density at radius 2 is 1.63 bits per heavy atom. The van der Waals surface area contributed by atoms with Crippen molar-refractivity contribution in [3.05, 3.63) is 108 Å². The predicted octanol–water partition coefficient (Wildman–Crippen LogP) is 11.7. The summed E-state index contributed by atoms with van der Waals surface area (Å²) in [6, 6.07) is 19.0. The highest BCUT2D eigenvalue weighted by Gasteiger charge is 2.15. The van der Waals surface area contributed by atoms with E-state index in [2.05, 4.69) is 45.1 Å². The van der Waals surface area contributed by atoms with Gasteiger partial charge in [-0.2, -0.15) is 0 Å². The van der Waals surface area contributed by atoms with Crippen molar-refractivity contribution in [3.63, 3.8) is 0 Å². The van der Waals surface area contributed by atoms with Crippen LogP contribution in [-0.4, -0.2) is 4.98 Å². The normalized spacial score (nSPS) is 10.8. The minimum absolute atomic E-state index is 0.191. The Kier molecular flexibility index (Phi) is 17.7. The van der Waals surface area contributed by atoms with E-state index in [0.29, 0.717) is 5.92 Å². The highest BCUT2D eigenvalue weighted by molar-refractivity contribution is 5.72. The van der Waals surface area contributed by atoms with Gasteiger partial charge in [-0.05, 0) is 98.2 Å². The first-order valence-electron chi connectivity index (χ1n) is 15.6. The van der Waals surface area contributed by atoms with Crippen LogP contribution in [0.4, 0.5) is 4.39 Å². The zero-order valence-electron chi connectivity index (χ0n) is 26.5. The predicted molar refractivity (Wildman–Crippen MR) is 179 cm³/mol. The molecule has 0 spiro atoms. The number of hydrogen-bond donors (Lipinski definition) is 0. The van der Waals surface area contributed by atoms with Crippen LogP contribution in [0.15, 0.2) is 79.4 Å². The summed E-state index contributed by atoms with van der Waals surface area (Å²) < 4.78 is 13.7. The first-order valence-corrected chi connectivity index (χ1v) is 15.6. The molecule has 0 radical (unpaired) electrons. The Hall–Kier alpha value is -3.44. The molecule has 0 aliphatic heterocycles. The molecule has 0 aliphatic carbocycles. The van der Waals surface area contributed by atoms with Crippen molar-refractivity contribution in [3.8, 4) is 23.6 Å². The standard InChI is InChI=1S/C35H40FN.2C2H6/c1-6-9-14-26(4)29(7-2)22-21-27(5)32-23-24-35(33-19-11-10-17-30(33)8-3)37-34(32)20-13-16-28-15-12-18-31(36)25-28;2*1-2/h3,10-12,15,17-19,23-25,29H,4-7,9,13-14,16,20-22H2,1-2H3;2*1-2H3. The molecule has 1 aromatic heterocycles. The minimum atomic E-state index is -0.191. The lowest BCUT2D eigenvalue weighted by molar-refractivity contribution is 0.526. The summed E-state index contributed by atoms with van der Waals surface area (Å²) in [6.07, 6.45) is 14.8. The van der Waals surface area contributed by atoms with E-state index in [1.807, 2.05) is 58.0 Å². The van der Waals surface area contributed by atoms with Crippen molar-refractivity contribution in [1.82, 2.24) is 4.98 Å². The fraction of sp³-hybridized carbons (Fsp3) is 0.410. The van der Waals surface area contributed by atoms with Crippen molar-refractivity contribution in [1.29, 1.82) is 0 Å². The van der Waals surface area contributed by atoms with E-state index in [4.69, 9.17) is 11.4 Å². The molecule has 2 aromatic carbocycles. The van der Waals surface area contributed by atoms with Crippen LogP contribution in [0.2, 0.25) is 0 Å². The third kappa shape index (κ3) is 11.5. The van der Waals surface area contributed by atoms with Gasteiger partial charge in [0.1, 0.15) is 5.82 Å². The van der Waals surface area contributed by atoms with E-state index in [0.717, 1.165) is 84.2 Å². The topological polar surface area (TPSA) is 12.9 Å². The van der Waals surface area contributed by atoms with Crippen LogP contribution < -0.4 is 0 Å². The number of rotatable bonds is 14. The second kappa shape index (κ2) is 20.4. The van der Waals surface area contributed by atoms with Gasteiger partial charge in [-0.1, -0.05) is 109 Å². The molecule has 0 aliphatic rings. The maximum atomic E-state index is 13.7. The molecule has 3 rings (SSSR count). The summed E-state index contributed by atoms with van der Waals surface area (Å²) >= 11 is 0. The number of pyridine rings is 1. The SMILES string of the molecule is C#Cc1ccccc1-c1ccc(C(=C)CCC(CC)C(=C)CCCC)c(CCCc2cccc(F)c2)n1.CC.CC. The molecule has 41 heavy (non-hydrogen) atoms. The minimum Gasteiger partial charge on any atom is -0.252 e. The Morgan fingerprint density at radius 3 is 2.29 bits per heavy atom. The third-order valence-electron chi connectivity index (χ3n) is 7.20. The van der Waals surface area contributed by atoms with E-state index in [1.54, 1.807) is 12.1 Å². The fourth-order valence-electron chi connectivity index (χ4n) is 4.94. The summed E-state index contributed by atoms with van der Waals surface area (Å²) in [5.74, 6) is 3.12. The highest BCUT2D eigenvalue weighted by Crippen LogP contribution is 2.31. The van der Waals surface area contributed by atoms with Crippen molar-refractivity contribution >= 4 is 5.57 Å². The van der Waals surface area contributed by atoms with Crippen LogP contribution in [0.3, 0.4) is 0 Å². The molecule has 0 fully saturated rings. The zero-order valence-corrected chi connectivity index (χ0v) is 26.5. The Morgan fingerprint density at radius 1 is 0.902 bits per heavy atom. The van der Waals surface area contributed by atoms with Crippen molar-refractivity contribution in [2.24, 2.45) is 5.92 Å². The molecule has 1 nitrogen and oxygen atoms in total. The van der Waals surface area contributed by atoms with Crippen LogP contribution in [0.25, 0.3) is 16.8 Å². The number of benzene rings is 2. The molecule has 2 heteroatoms. The second-order valence-corrected chi connectivity index (χ2v) is 9.87. The fourth-order valence-corrected chi connectivity index (χ4v) is 4.94. The molecule has 0 saturated heterocycles. The van der Waals surface area contributed by atoms with E-state index < -0.39 is 0 Å². The summed E-state index contributed by atoms with van der Waals surface area (Å²) in [5, 5.41) is 0. The molecule has 220 valence electrons. The molecule has 0 bridgehead atoms. The average molecular weight is 554 g/mol. The Labute approximate surface area is 251 Å². The lowest BCUT2D eigenvalue weighted by Crippen LogP contribution is -2.05.